The Kier molecular flexibility index (Phi) is 10.1. The molecule has 0 saturated heterocycles. The fourth-order valence-electron chi connectivity index (χ4n) is 4.16. The van der Waals surface area contributed by atoms with Gasteiger partial charge in [0.05, 0.1) is 35.0 Å². The number of hydrogen-bond donors (Lipinski definition) is 2. The minimum absolute atomic E-state index is 0.0642. The Morgan fingerprint density at radius 3 is 2.54 bits per heavy atom. The van der Waals surface area contributed by atoms with Gasteiger partial charge in [-0.05, 0) is 50.6 Å². The van der Waals surface area contributed by atoms with Gasteiger partial charge in [0.2, 0.25) is 0 Å². The van der Waals surface area contributed by atoms with E-state index in [4.69, 9.17) is 15.5 Å². The molecular formula is C26H34N6O5. The third-order valence-electron chi connectivity index (χ3n) is 6.19. The fraction of sp³-hybridized carbons (Fsp3) is 0.423. The van der Waals surface area contributed by atoms with E-state index in [1.54, 1.807) is 34.8 Å². The average molecular weight is 511 g/mol. The SMILES string of the molecule is COCCn1c(C(C)N(CCCCCCN)C(=O)Nc2ccc([N+](=O)[O-])cc2)nc2ccccc2c1=O. The summed E-state index contributed by atoms with van der Waals surface area (Å²) in [5, 5.41) is 14.3. The summed E-state index contributed by atoms with van der Waals surface area (Å²) in [7, 11) is 1.56. The second-order valence-electron chi connectivity index (χ2n) is 8.74. The number of nitrogens with two attached hydrogens (primary N) is 1. The van der Waals surface area contributed by atoms with Gasteiger partial charge in [-0.1, -0.05) is 25.0 Å². The van der Waals surface area contributed by atoms with Gasteiger partial charge in [-0.15, -0.1) is 0 Å². The highest BCUT2D eigenvalue weighted by Gasteiger charge is 2.26. The first kappa shape index (κ1) is 27.8. The van der Waals surface area contributed by atoms with Crippen molar-refractivity contribution in [1.29, 1.82) is 0 Å². The number of nitro benzene ring substituents is 1. The van der Waals surface area contributed by atoms with E-state index < -0.39 is 11.0 Å². The summed E-state index contributed by atoms with van der Waals surface area (Å²) in [6, 6.07) is 11.8. The molecule has 0 aliphatic carbocycles. The van der Waals surface area contributed by atoms with Crippen LogP contribution in [-0.4, -0.2) is 52.2 Å². The second-order valence-corrected chi connectivity index (χ2v) is 8.74. The predicted molar refractivity (Wildman–Crippen MR) is 143 cm³/mol. The number of rotatable bonds is 13. The lowest BCUT2D eigenvalue weighted by Gasteiger charge is -2.30. The molecule has 37 heavy (non-hydrogen) atoms. The number of ether oxygens (including phenoxy) is 1. The number of carbonyl (C=O) groups is 1. The first-order valence-corrected chi connectivity index (χ1v) is 12.4. The van der Waals surface area contributed by atoms with Crippen LogP contribution in [0, 0.1) is 10.1 Å². The first-order chi connectivity index (χ1) is 17.9. The van der Waals surface area contributed by atoms with Gasteiger partial charge < -0.3 is 20.7 Å². The average Bonchev–Trinajstić information content (AvgIpc) is 2.90. The first-order valence-electron chi connectivity index (χ1n) is 12.4. The maximum absolute atomic E-state index is 13.5. The fourth-order valence-corrected chi connectivity index (χ4v) is 4.16. The molecule has 3 aromatic rings. The number of urea groups is 1. The monoisotopic (exact) mass is 510 g/mol. The van der Waals surface area contributed by atoms with E-state index >= 15 is 0 Å². The molecule has 0 saturated carbocycles. The minimum Gasteiger partial charge on any atom is -0.383 e. The number of methoxy groups -OCH3 is 1. The van der Waals surface area contributed by atoms with Crippen molar-refractivity contribution < 1.29 is 14.5 Å². The number of non-ortho nitro benzene ring substituents is 1. The van der Waals surface area contributed by atoms with Gasteiger partial charge in [-0.25, -0.2) is 9.78 Å². The molecule has 11 nitrogen and oxygen atoms in total. The van der Waals surface area contributed by atoms with Crippen molar-refractivity contribution >= 4 is 28.3 Å². The molecule has 2 aromatic carbocycles. The number of unbranched alkanes of at least 4 members (excludes halogenated alkanes) is 3. The van der Waals surface area contributed by atoms with Crippen LogP contribution in [0.5, 0.6) is 0 Å². The van der Waals surface area contributed by atoms with Gasteiger partial charge in [-0.2, -0.15) is 0 Å². The Hall–Kier alpha value is -3.83. The molecule has 0 aliphatic heterocycles. The van der Waals surface area contributed by atoms with Crippen molar-refractivity contribution in [2.45, 2.75) is 45.2 Å². The smallest absolute Gasteiger partial charge is 0.322 e. The lowest BCUT2D eigenvalue weighted by Crippen LogP contribution is -2.41. The van der Waals surface area contributed by atoms with Crippen LogP contribution in [0.2, 0.25) is 0 Å². The molecule has 1 heterocycles. The van der Waals surface area contributed by atoms with Crippen LogP contribution in [0.1, 0.15) is 44.5 Å². The van der Waals surface area contributed by atoms with E-state index in [1.165, 1.54) is 24.3 Å². The highest BCUT2D eigenvalue weighted by molar-refractivity contribution is 5.89. The van der Waals surface area contributed by atoms with Crippen LogP contribution in [0.4, 0.5) is 16.2 Å². The van der Waals surface area contributed by atoms with E-state index in [9.17, 15) is 19.7 Å². The van der Waals surface area contributed by atoms with Crippen LogP contribution in [0.25, 0.3) is 10.9 Å². The number of nitrogens with one attached hydrogen (secondary N) is 1. The van der Waals surface area contributed by atoms with E-state index in [0.29, 0.717) is 48.7 Å². The molecule has 3 N–H and O–H groups in total. The molecule has 1 unspecified atom stereocenters. The molecule has 1 atom stereocenters. The lowest BCUT2D eigenvalue weighted by molar-refractivity contribution is -0.384. The Bertz CT molecular complexity index is 1260. The van der Waals surface area contributed by atoms with Gasteiger partial charge in [0, 0.05) is 31.5 Å². The molecule has 0 bridgehead atoms. The number of hydrogen-bond acceptors (Lipinski definition) is 7. The second kappa shape index (κ2) is 13.5. The highest BCUT2D eigenvalue weighted by Crippen LogP contribution is 2.23. The summed E-state index contributed by atoms with van der Waals surface area (Å²) in [6.07, 6.45) is 3.50. The number of fused-ring (bicyclic) bond motifs is 1. The molecule has 1 aromatic heterocycles. The van der Waals surface area contributed by atoms with Crippen LogP contribution in [0.3, 0.4) is 0 Å². The van der Waals surface area contributed by atoms with E-state index in [-0.39, 0.29) is 17.3 Å². The molecule has 0 fully saturated rings. The predicted octanol–water partition coefficient (Wildman–Crippen LogP) is 4.07. The maximum atomic E-state index is 13.5. The van der Waals surface area contributed by atoms with Crippen molar-refractivity contribution in [1.82, 2.24) is 14.5 Å². The van der Waals surface area contributed by atoms with Crippen molar-refractivity contribution in [2.75, 3.05) is 32.1 Å². The molecule has 3 rings (SSSR count). The molecule has 0 spiro atoms. The maximum Gasteiger partial charge on any atom is 0.322 e. The Morgan fingerprint density at radius 1 is 1.16 bits per heavy atom. The summed E-state index contributed by atoms with van der Waals surface area (Å²) in [4.78, 5) is 43.7. The number of benzene rings is 2. The topological polar surface area (TPSA) is 146 Å². The van der Waals surface area contributed by atoms with Gasteiger partial charge in [0.1, 0.15) is 5.82 Å². The van der Waals surface area contributed by atoms with E-state index in [0.717, 1.165) is 25.7 Å². The quantitative estimate of drug-likeness (QED) is 0.200. The zero-order valence-electron chi connectivity index (χ0n) is 21.3. The number of aromatic nitrogens is 2. The zero-order valence-corrected chi connectivity index (χ0v) is 21.3. The van der Waals surface area contributed by atoms with Crippen LogP contribution >= 0.6 is 0 Å². The van der Waals surface area contributed by atoms with Crippen molar-refractivity contribution in [2.24, 2.45) is 5.73 Å². The molecule has 0 radical (unpaired) electrons. The van der Waals surface area contributed by atoms with Gasteiger partial charge in [-0.3, -0.25) is 19.5 Å². The summed E-state index contributed by atoms with van der Waals surface area (Å²) >= 11 is 0. The number of para-hydroxylation sites is 1. The summed E-state index contributed by atoms with van der Waals surface area (Å²) < 4.78 is 6.79. The number of amides is 2. The molecule has 2 amide bonds. The third kappa shape index (κ3) is 7.11. The standard InChI is InChI=1S/C26H34N6O5/c1-19(24-29-23-10-6-5-9-22(23)25(33)31(24)17-18-37-2)30(16-8-4-3-7-15-27)26(34)28-20-11-13-21(14-12-20)32(35)36/h5-6,9-14,19H,3-4,7-8,15-18,27H2,1-2H3,(H,28,34). The Labute approximate surface area is 215 Å². The van der Waals surface area contributed by atoms with Crippen molar-refractivity contribution in [3.05, 3.63) is 74.8 Å². The normalized spacial score (nSPS) is 11.9. The van der Waals surface area contributed by atoms with Crippen molar-refractivity contribution in [3.63, 3.8) is 0 Å². The van der Waals surface area contributed by atoms with Crippen LogP contribution < -0.4 is 16.6 Å². The molecule has 0 aliphatic rings. The Balaban J connectivity index is 1.94. The number of nitro groups is 1. The molecule has 198 valence electrons. The van der Waals surface area contributed by atoms with E-state index in [1.807, 2.05) is 13.0 Å². The summed E-state index contributed by atoms with van der Waals surface area (Å²) in [5.41, 5.74) is 6.34. The largest absolute Gasteiger partial charge is 0.383 e. The van der Waals surface area contributed by atoms with Gasteiger partial charge in [0.25, 0.3) is 11.2 Å². The number of carbonyl (C=O) groups excluding carboxylic acids is 1. The summed E-state index contributed by atoms with van der Waals surface area (Å²) in [6.45, 7) is 3.50. The lowest BCUT2D eigenvalue weighted by atomic mass is 10.1. The minimum atomic E-state index is -0.540. The van der Waals surface area contributed by atoms with E-state index in [2.05, 4.69) is 5.32 Å². The highest BCUT2D eigenvalue weighted by atomic mass is 16.6. The Morgan fingerprint density at radius 2 is 1.86 bits per heavy atom. The number of anilines is 1. The van der Waals surface area contributed by atoms with Crippen LogP contribution in [0.15, 0.2) is 53.3 Å². The summed E-state index contributed by atoms with van der Waals surface area (Å²) in [5.74, 6) is 0.460. The van der Waals surface area contributed by atoms with Crippen LogP contribution in [-0.2, 0) is 11.3 Å². The van der Waals surface area contributed by atoms with Gasteiger partial charge >= 0.3 is 6.03 Å². The van der Waals surface area contributed by atoms with Gasteiger partial charge in [0.15, 0.2) is 0 Å². The molecule has 11 heteroatoms. The zero-order chi connectivity index (χ0) is 26.8. The number of nitrogens with zero attached hydrogens (tertiary/aromatic N) is 4. The molecular weight excluding hydrogens is 476 g/mol. The van der Waals surface area contributed by atoms with Crippen molar-refractivity contribution in [3.8, 4) is 0 Å². The third-order valence-corrected chi connectivity index (χ3v) is 6.19.